The molecule has 0 aliphatic carbocycles. The Morgan fingerprint density at radius 2 is 2.07 bits per heavy atom. The van der Waals surface area contributed by atoms with Crippen LogP contribution in [0.1, 0.15) is 33.4 Å². The molecular formula is C14H21N. The molecule has 0 bridgehead atoms. The lowest BCUT2D eigenvalue weighted by molar-refractivity contribution is 0.407. The summed E-state index contributed by atoms with van der Waals surface area (Å²) in [7, 11) is 0. The summed E-state index contributed by atoms with van der Waals surface area (Å²) < 4.78 is 0. The first-order chi connectivity index (χ1) is 6.96. The fraction of sp³-hybridized carbons (Fsp3) is 0.429. The van der Waals surface area contributed by atoms with Crippen molar-refractivity contribution in [3.63, 3.8) is 0 Å². The molecule has 82 valence electrons. The molecule has 0 aliphatic rings. The molecule has 1 nitrogen and oxygen atoms in total. The van der Waals surface area contributed by atoms with E-state index in [9.17, 15) is 0 Å². The van der Waals surface area contributed by atoms with Crippen molar-refractivity contribution >= 4 is 12.2 Å². The van der Waals surface area contributed by atoms with Crippen LogP contribution in [0.5, 0.6) is 0 Å². The van der Waals surface area contributed by atoms with Crippen LogP contribution in [0.25, 0.3) is 12.2 Å². The largest absolute Gasteiger partial charge is 0.358 e. The zero-order chi connectivity index (χ0) is 11.5. The van der Waals surface area contributed by atoms with Crippen molar-refractivity contribution in [2.75, 3.05) is 0 Å². The molecule has 1 aromatic rings. The molecule has 0 saturated carbocycles. The number of nitrogens with one attached hydrogen (secondary N) is 1. The van der Waals surface area contributed by atoms with Gasteiger partial charge in [-0.25, -0.2) is 0 Å². The van der Waals surface area contributed by atoms with Gasteiger partial charge in [-0.15, -0.1) is 0 Å². The van der Waals surface area contributed by atoms with Crippen LogP contribution < -0.4 is 10.6 Å². The summed E-state index contributed by atoms with van der Waals surface area (Å²) in [5.41, 5.74) is 1.62. The van der Waals surface area contributed by atoms with Crippen LogP contribution in [-0.4, -0.2) is 4.98 Å². The van der Waals surface area contributed by atoms with Crippen molar-refractivity contribution in [3.8, 4) is 0 Å². The van der Waals surface area contributed by atoms with Gasteiger partial charge < -0.3 is 4.98 Å². The highest BCUT2D eigenvalue weighted by Gasteiger charge is 2.11. The number of hydrogen-bond donors (Lipinski definition) is 1. The van der Waals surface area contributed by atoms with Gasteiger partial charge in [-0.1, -0.05) is 39.5 Å². The van der Waals surface area contributed by atoms with Gasteiger partial charge in [-0.3, -0.25) is 0 Å². The molecule has 0 fully saturated rings. The molecule has 1 aromatic heterocycles. The molecule has 1 N–H and O–H groups in total. The van der Waals surface area contributed by atoms with Crippen molar-refractivity contribution in [1.29, 1.82) is 0 Å². The summed E-state index contributed by atoms with van der Waals surface area (Å²) in [6.45, 7) is 12.5. The van der Waals surface area contributed by atoms with Crippen LogP contribution in [0.4, 0.5) is 0 Å². The second kappa shape index (κ2) is 4.52. The molecule has 0 amide bonds. The average molecular weight is 203 g/mol. The van der Waals surface area contributed by atoms with Gasteiger partial charge in [0.05, 0.1) is 0 Å². The summed E-state index contributed by atoms with van der Waals surface area (Å²) in [6.07, 6.45) is 7.03. The third-order valence-corrected chi connectivity index (χ3v) is 2.25. The quantitative estimate of drug-likeness (QED) is 0.759. The van der Waals surface area contributed by atoms with Crippen molar-refractivity contribution in [3.05, 3.63) is 35.0 Å². The third-order valence-electron chi connectivity index (χ3n) is 2.25. The summed E-state index contributed by atoms with van der Waals surface area (Å²) >= 11 is 0. The summed E-state index contributed by atoms with van der Waals surface area (Å²) in [5, 5.41) is 2.42. The van der Waals surface area contributed by atoms with Crippen LogP contribution in [-0.2, 0) is 6.42 Å². The lowest BCUT2D eigenvalue weighted by atomic mass is 9.91. The Kier molecular flexibility index (Phi) is 3.57. The minimum atomic E-state index is 0.321. The third kappa shape index (κ3) is 3.43. The van der Waals surface area contributed by atoms with E-state index in [0.717, 1.165) is 11.8 Å². The van der Waals surface area contributed by atoms with E-state index in [4.69, 9.17) is 0 Å². The molecule has 1 heterocycles. The maximum Gasteiger partial charge on any atom is 0.0452 e. The average Bonchev–Trinajstić information content (AvgIpc) is 2.45. The normalized spacial score (nSPS) is 14.7. The van der Waals surface area contributed by atoms with E-state index in [1.807, 2.05) is 12.2 Å². The van der Waals surface area contributed by atoms with Crippen molar-refractivity contribution in [2.45, 2.75) is 34.1 Å². The Labute approximate surface area is 92.2 Å². The molecule has 0 aliphatic heterocycles. The number of aromatic nitrogens is 1. The van der Waals surface area contributed by atoms with E-state index < -0.39 is 0 Å². The van der Waals surface area contributed by atoms with Gasteiger partial charge >= 0.3 is 0 Å². The molecule has 1 heteroatoms. The smallest absolute Gasteiger partial charge is 0.0452 e. The SMILES string of the molecule is C=C/C=c1/[nH]c(CC(C)(C)C)c/c1=C/C. The predicted molar refractivity (Wildman–Crippen MR) is 68.0 cm³/mol. The Morgan fingerprint density at radius 1 is 1.40 bits per heavy atom. The molecule has 0 saturated heterocycles. The molecule has 1 rings (SSSR count). The maximum atomic E-state index is 3.73. The van der Waals surface area contributed by atoms with Gasteiger partial charge in [0.15, 0.2) is 0 Å². The minimum Gasteiger partial charge on any atom is -0.358 e. The first-order valence-corrected chi connectivity index (χ1v) is 5.43. The van der Waals surface area contributed by atoms with E-state index >= 15 is 0 Å². The van der Waals surface area contributed by atoms with Crippen LogP contribution >= 0.6 is 0 Å². The Morgan fingerprint density at radius 3 is 2.53 bits per heavy atom. The molecule has 0 atom stereocenters. The first kappa shape index (κ1) is 11.8. The summed E-state index contributed by atoms with van der Waals surface area (Å²) in [5.74, 6) is 0. The monoisotopic (exact) mass is 203 g/mol. The fourth-order valence-corrected chi connectivity index (χ4v) is 1.71. The number of aromatic amines is 1. The van der Waals surface area contributed by atoms with Crippen LogP contribution in [0.2, 0.25) is 0 Å². The van der Waals surface area contributed by atoms with Crippen LogP contribution in [0.3, 0.4) is 0 Å². The summed E-state index contributed by atoms with van der Waals surface area (Å²) in [4.78, 5) is 3.43. The molecule has 0 radical (unpaired) electrons. The van der Waals surface area contributed by atoms with E-state index in [1.165, 1.54) is 10.9 Å². The van der Waals surface area contributed by atoms with E-state index in [1.54, 1.807) is 0 Å². The van der Waals surface area contributed by atoms with Gasteiger partial charge in [0.2, 0.25) is 0 Å². The van der Waals surface area contributed by atoms with Gasteiger partial charge in [-0.2, -0.15) is 0 Å². The van der Waals surface area contributed by atoms with E-state index in [0.29, 0.717) is 5.41 Å². The molecule has 15 heavy (non-hydrogen) atoms. The van der Waals surface area contributed by atoms with E-state index in [2.05, 4.69) is 51.4 Å². The molecule has 0 unspecified atom stereocenters. The van der Waals surface area contributed by atoms with Gasteiger partial charge in [0.1, 0.15) is 0 Å². The van der Waals surface area contributed by atoms with Crippen molar-refractivity contribution in [2.24, 2.45) is 5.41 Å². The van der Waals surface area contributed by atoms with Crippen LogP contribution in [0, 0.1) is 5.41 Å². The Balaban J connectivity index is 3.16. The lowest BCUT2D eigenvalue weighted by Crippen LogP contribution is -2.21. The number of rotatable bonds is 2. The lowest BCUT2D eigenvalue weighted by Gasteiger charge is -2.16. The van der Waals surface area contributed by atoms with Crippen molar-refractivity contribution in [1.82, 2.24) is 4.98 Å². The standard InChI is InChI=1S/C14H21N/c1-6-8-13-11(7-2)9-12(15-13)10-14(3,4)5/h6-9,15H,1,10H2,2-5H3/b11-7-,13-8+. The highest BCUT2D eigenvalue weighted by molar-refractivity contribution is 5.36. The number of hydrogen-bond acceptors (Lipinski definition) is 0. The highest BCUT2D eigenvalue weighted by Crippen LogP contribution is 2.17. The maximum absolute atomic E-state index is 3.73. The van der Waals surface area contributed by atoms with Crippen LogP contribution in [0.15, 0.2) is 18.7 Å². The number of allylic oxidation sites excluding steroid dienone is 1. The second-order valence-corrected chi connectivity index (χ2v) is 5.09. The summed E-state index contributed by atoms with van der Waals surface area (Å²) in [6, 6.07) is 2.22. The molecule has 0 aromatic carbocycles. The zero-order valence-electron chi connectivity index (χ0n) is 10.2. The highest BCUT2D eigenvalue weighted by atomic mass is 14.7. The molecular weight excluding hydrogens is 182 g/mol. The van der Waals surface area contributed by atoms with Crippen molar-refractivity contribution < 1.29 is 0 Å². The Bertz CT molecular complexity index is 441. The topological polar surface area (TPSA) is 15.8 Å². The fourth-order valence-electron chi connectivity index (χ4n) is 1.71. The predicted octanol–water partition coefficient (Wildman–Crippen LogP) is 2.37. The minimum absolute atomic E-state index is 0.321. The van der Waals surface area contributed by atoms with Gasteiger partial charge in [-0.05, 0) is 36.1 Å². The zero-order valence-corrected chi connectivity index (χ0v) is 10.2. The number of H-pyrrole nitrogens is 1. The molecule has 0 spiro atoms. The van der Waals surface area contributed by atoms with Gasteiger partial charge in [0, 0.05) is 11.0 Å². The Hall–Kier alpha value is -1.24. The van der Waals surface area contributed by atoms with E-state index in [-0.39, 0.29) is 0 Å². The first-order valence-electron chi connectivity index (χ1n) is 5.43. The second-order valence-electron chi connectivity index (χ2n) is 5.09. The van der Waals surface area contributed by atoms with Gasteiger partial charge in [0.25, 0.3) is 0 Å².